The first-order chi connectivity index (χ1) is 6.66. The number of rotatable bonds is 4. The van der Waals surface area contributed by atoms with Crippen molar-refractivity contribution in [2.45, 2.75) is 19.3 Å². The molecule has 0 saturated carbocycles. The number of hydrogen-bond donors (Lipinski definition) is 1. The zero-order valence-corrected chi connectivity index (χ0v) is 9.96. The predicted molar refractivity (Wildman–Crippen MR) is 63.5 cm³/mol. The standard InChI is InChI=1S/C10H12Cl3N/c11-8-4-5-9(12)10(13)7(8)3-1-2-6-14/h4-5H,1-3,6,14H2. The highest BCUT2D eigenvalue weighted by Gasteiger charge is 2.08. The van der Waals surface area contributed by atoms with Gasteiger partial charge in [-0.2, -0.15) is 0 Å². The molecular formula is C10H12Cl3N. The summed E-state index contributed by atoms with van der Waals surface area (Å²) in [6, 6.07) is 3.48. The van der Waals surface area contributed by atoms with Crippen molar-refractivity contribution in [3.63, 3.8) is 0 Å². The second kappa shape index (κ2) is 5.82. The summed E-state index contributed by atoms with van der Waals surface area (Å²) < 4.78 is 0. The van der Waals surface area contributed by atoms with Crippen molar-refractivity contribution in [3.8, 4) is 0 Å². The molecule has 0 aliphatic rings. The molecule has 2 N–H and O–H groups in total. The highest BCUT2D eigenvalue weighted by Crippen LogP contribution is 2.32. The van der Waals surface area contributed by atoms with Crippen LogP contribution in [-0.4, -0.2) is 6.54 Å². The summed E-state index contributed by atoms with van der Waals surface area (Å²) in [5, 5.41) is 1.80. The third-order valence-electron chi connectivity index (χ3n) is 2.02. The molecular weight excluding hydrogens is 240 g/mol. The fourth-order valence-corrected chi connectivity index (χ4v) is 1.98. The van der Waals surface area contributed by atoms with Crippen LogP contribution in [0.1, 0.15) is 18.4 Å². The zero-order chi connectivity index (χ0) is 10.6. The lowest BCUT2D eigenvalue weighted by molar-refractivity contribution is 0.745. The molecule has 0 bridgehead atoms. The number of nitrogens with two attached hydrogens (primary N) is 1. The molecule has 0 radical (unpaired) electrons. The number of hydrogen-bond acceptors (Lipinski definition) is 1. The van der Waals surface area contributed by atoms with E-state index in [1.54, 1.807) is 12.1 Å². The minimum Gasteiger partial charge on any atom is -0.330 e. The van der Waals surface area contributed by atoms with Crippen molar-refractivity contribution in [1.29, 1.82) is 0 Å². The molecule has 1 aromatic rings. The van der Waals surface area contributed by atoms with Crippen LogP contribution in [0.15, 0.2) is 12.1 Å². The third-order valence-corrected chi connectivity index (χ3v) is 3.22. The van der Waals surface area contributed by atoms with Gasteiger partial charge >= 0.3 is 0 Å². The van der Waals surface area contributed by atoms with E-state index in [1.165, 1.54) is 0 Å². The third kappa shape index (κ3) is 3.03. The van der Waals surface area contributed by atoms with E-state index < -0.39 is 0 Å². The van der Waals surface area contributed by atoms with Crippen LogP contribution in [0.25, 0.3) is 0 Å². The summed E-state index contributed by atoms with van der Waals surface area (Å²) in [6.07, 6.45) is 2.78. The predicted octanol–water partition coefficient (Wildman–Crippen LogP) is 3.93. The van der Waals surface area contributed by atoms with Gasteiger partial charge in [0.1, 0.15) is 0 Å². The van der Waals surface area contributed by atoms with Gasteiger partial charge < -0.3 is 5.73 Å². The SMILES string of the molecule is NCCCCc1c(Cl)ccc(Cl)c1Cl. The van der Waals surface area contributed by atoms with Crippen LogP contribution in [0, 0.1) is 0 Å². The molecule has 0 fully saturated rings. The van der Waals surface area contributed by atoms with Crippen molar-refractivity contribution < 1.29 is 0 Å². The second-order valence-corrected chi connectivity index (χ2v) is 4.26. The van der Waals surface area contributed by atoms with Gasteiger partial charge in [0.05, 0.1) is 10.0 Å². The zero-order valence-electron chi connectivity index (χ0n) is 7.69. The van der Waals surface area contributed by atoms with Crippen LogP contribution >= 0.6 is 34.8 Å². The molecule has 4 heteroatoms. The largest absolute Gasteiger partial charge is 0.330 e. The average molecular weight is 253 g/mol. The van der Waals surface area contributed by atoms with Gasteiger partial charge in [0.25, 0.3) is 0 Å². The van der Waals surface area contributed by atoms with Crippen molar-refractivity contribution in [3.05, 3.63) is 32.8 Å². The Hall–Kier alpha value is 0.0500. The molecule has 0 aromatic heterocycles. The molecule has 0 saturated heterocycles. The molecule has 0 unspecified atom stereocenters. The van der Waals surface area contributed by atoms with Crippen molar-refractivity contribution in [2.24, 2.45) is 5.73 Å². The fraction of sp³-hybridized carbons (Fsp3) is 0.400. The van der Waals surface area contributed by atoms with E-state index in [9.17, 15) is 0 Å². The van der Waals surface area contributed by atoms with Gasteiger partial charge in [0.15, 0.2) is 0 Å². The van der Waals surface area contributed by atoms with Gasteiger partial charge in [-0.25, -0.2) is 0 Å². The Morgan fingerprint density at radius 1 is 1.00 bits per heavy atom. The maximum atomic E-state index is 6.03. The molecule has 1 aromatic carbocycles. The van der Waals surface area contributed by atoms with Crippen LogP contribution in [0.2, 0.25) is 15.1 Å². The Labute approximate surface area is 99.1 Å². The molecule has 0 heterocycles. The molecule has 0 atom stereocenters. The topological polar surface area (TPSA) is 26.0 Å². The molecule has 1 nitrogen and oxygen atoms in total. The monoisotopic (exact) mass is 251 g/mol. The Balaban J connectivity index is 2.79. The molecule has 0 aliphatic heterocycles. The Morgan fingerprint density at radius 2 is 1.64 bits per heavy atom. The molecule has 1 rings (SSSR count). The summed E-state index contributed by atoms with van der Waals surface area (Å²) in [4.78, 5) is 0. The van der Waals surface area contributed by atoms with Crippen LogP contribution in [0.4, 0.5) is 0 Å². The maximum Gasteiger partial charge on any atom is 0.0639 e. The lowest BCUT2D eigenvalue weighted by atomic mass is 10.1. The summed E-state index contributed by atoms with van der Waals surface area (Å²) in [6.45, 7) is 0.690. The Bertz CT molecular complexity index is 312. The highest BCUT2D eigenvalue weighted by molar-refractivity contribution is 6.44. The van der Waals surface area contributed by atoms with Gasteiger partial charge in [-0.15, -0.1) is 0 Å². The average Bonchev–Trinajstić information content (AvgIpc) is 2.18. The second-order valence-electron chi connectivity index (χ2n) is 3.07. The molecule has 14 heavy (non-hydrogen) atoms. The van der Waals surface area contributed by atoms with Gasteiger partial charge in [-0.3, -0.25) is 0 Å². The first-order valence-corrected chi connectivity index (χ1v) is 5.62. The summed E-state index contributed by atoms with van der Waals surface area (Å²) in [7, 11) is 0. The van der Waals surface area contributed by atoms with Crippen LogP contribution in [0.3, 0.4) is 0 Å². The highest BCUT2D eigenvalue weighted by atomic mass is 35.5. The van der Waals surface area contributed by atoms with E-state index in [4.69, 9.17) is 40.5 Å². The minimum atomic E-state index is 0.554. The quantitative estimate of drug-likeness (QED) is 0.638. The number of benzene rings is 1. The van der Waals surface area contributed by atoms with Gasteiger partial charge in [-0.05, 0) is 43.5 Å². The minimum absolute atomic E-state index is 0.554. The Kier molecular flexibility index (Phi) is 5.04. The molecule has 0 spiro atoms. The van der Waals surface area contributed by atoms with E-state index in [0.29, 0.717) is 21.6 Å². The van der Waals surface area contributed by atoms with Crippen molar-refractivity contribution >= 4 is 34.8 Å². The van der Waals surface area contributed by atoms with Gasteiger partial charge in [0, 0.05) is 5.02 Å². The van der Waals surface area contributed by atoms with E-state index in [0.717, 1.165) is 24.8 Å². The van der Waals surface area contributed by atoms with Crippen LogP contribution in [-0.2, 0) is 6.42 Å². The molecule has 0 amide bonds. The smallest absolute Gasteiger partial charge is 0.0639 e. The van der Waals surface area contributed by atoms with E-state index >= 15 is 0 Å². The van der Waals surface area contributed by atoms with Crippen molar-refractivity contribution in [1.82, 2.24) is 0 Å². The van der Waals surface area contributed by atoms with E-state index in [-0.39, 0.29) is 0 Å². The number of halogens is 3. The lowest BCUT2D eigenvalue weighted by Gasteiger charge is -2.07. The van der Waals surface area contributed by atoms with E-state index in [1.807, 2.05) is 0 Å². The first kappa shape index (κ1) is 12.1. The van der Waals surface area contributed by atoms with Crippen molar-refractivity contribution in [2.75, 3.05) is 6.54 Å². The van der Waals surface area contributed by atoms with Crippen LogP contribution < -0.4 is 5.73 Å². The van der Waals surface area contributed by atoms with Gasteiger partial charge in [0.2, 0.25) is 0 Å². The maximum absolute atomic E-state index is 6.03. The number of unbranched alkanes of at least 4 members (excludes halogenated alkanes) is 1. The van der Waals surface area contributed by atoms with Crippen LogP contribution in [0.5, 0.6) is 0 Å². The van der Waals surface area contributed by atoms with E-state index in [2.05, 4.69) is 0 Å². The first-order valence-electron chi connectivity index (χ1n) is 4.49. The molecule has 78 valence electrons. The Morgan fingerprint density at radius 3 is 2.29 bits per heavy atom. The summed E-state index contributed by atoms with van der Waals surface area (Å²) in [5.74, 6) is 0. The summed E-state index contributed by atoms with van der Waals surface area (Å²) in [5.41, 5.74) is 6.33. The normalized spacial score (nSPS) is 10.6. The summed E-state index contributed by atoms with van der Waals surface area (Å²) >= 11 is 17.9. The lowest BCUT2D eigenvalue weighted by Crippen LogP contribution is -1.99. The molecule has 0 aliphatic carbocycles. The fourth-order valence-electron chi connectivity index (χ4n) is 1.24. The van der Waals surface area contributed by atoms with Gasteiger partial charge in [-0.1, -0.05) is 34.8 Å².